The standard InChI is InChI=1S/C21H31FN4O3/c1-15(27)26-13-18(11-20(26)21(28)24-9-8-23)25(14-19-3-2-10-29-19)12-16-4-6-17(22)7-5-16/h4-7,18-20H,2-3,8-14,23H2,1H3,(H,24,28). The quantitative estimate of drug-likeness (QED) is 0.669. The van der Waals surface area contributed by atoms with Crippen LogP contribution in [-0.4, -0.2) is 72.6 Å². The number of nitrogens with zero attached hydrogens (tertiary/aromatic N) is 2. The first-order chi connectivity index (χ1) is 14.0. The molecule has 1 aromatic rings. The van der Waals surface area contributed by atoms with Crippen LogP contribution in [-0.2, 0) is 20.9 Å². The van der Waals surface area contributed by atoms with Crippen molar-refractivity contribution < 1.29 is 18.7 Å². The van der Waals surface area contributed by atoms with Crippen LogP contribution in [0.2, 0.25) is 0 Å². The third-order valence-electron chi connectivity index (χ3n) is 5.71. The summed E-state index contributed by atoms with van der Waals surface area (Å²) in [5.74, 6) is -0.536. The highest BCUT2D eigenvalue weighted by Gasteiger charge is 2.41. The van der Waals surface area contributed by atoms with Crippen molar-refractivity contribution in [2.45, 2.75) is 50.9 Å². The number of carbonyl (C=O) groups excluding carboxylic acids is 2. The summed E-state index contributed by atoms with van der Waals surface area (Å²) in [5.41, 5.74) is 6.48. The van der Waals surface area contributed by atoms with Crippen molar-refractivity contribution in [1.29, 1.82) is 0 Å². The van der Waals surface area contributed by atoms with Crippen LogP contribution < -0.4 is 11.1 Å². The van der Waals surface area contributed by atoms with Gasteiger partial charge in [-0.1, -0.05) is 12.1 Å². The highest BCUT2D eigenvalue weighted by Crippen LogP contribution is 2.26. The summed E-state index contributed by atoms with van der Waals surface area (Å²) in [6, 6.07) is 6.01. The Balaban J connectivity index is 1.75. The van der Waals surface area contributed by atoms with Gasteiger partial charge in [-0.15, -0.1) is 0 Å². The zero-order valence-corrected chi connectivity index (χ0v) is 17.0. The second-order valence-corrected chi connectivity index (χ2v) is 7.85. The first-order valence-corrected chi connectivity index (χ1v) is 10.3. The van der Waals surface area contributed by atoms with Crippen molar-refractivity contribution in [2.75, 3.05) is 32.8 Å². The van der Waals surface area contributed by atoms with E-state index in [-0.39, 0.29) is 29.8 Å². The van der Waals surface area contributed by atoms with Crippen molar-refractivity contribution in [1.82, 2.24) is 15.1 Å². The Labute approximate surface area is 171 Å². The number of carbonyl (C=O) groups is 2. The minimum atomic E-state index is -0.496. The van der Waals surface area contributed by atoms with Gasteiger partial charge in [-0.3, -0.25) is 14.5 Å². The number of nitrogens with one attached hydrogen (secondary N) is 1. The average molecular weight is 407 g/mol. The zero-order valence-electron chi connectivity index (χ0n) is 17.0. The predicted molar refractivity (Wildman–Crippen MR) is 107 cm³/mol. The summed E-state index contributed by atoms with van der Waals surface area (Å²) < 4.78 is 19.1. The van der Waals surface area contributed by atoms with Crippen LogP contribution in [0.15, 0.2) is 24.3 Å². The van der Waals surface area contributed by atoms with Crippen molar-refractivity contribution in [3.63, 3.8) is 0 Å². The predicted octanol–water partition coefficient (Wildman–Crippen LogP) is 0.871. The molecule has 0 aromatic heterocycles. The van der Waals surface area contributed by atoms with Crippen LogP contribution in [0, 0.1) is 5.82 Å². The van der Waals surface area contributed by atoms with E-state index in [1.807, 2.05) is 0 Å². The second kappa shape index (κ2) is 10.1. The maximum Gasteiger partial charge on any atom is 0.242 e. The summed E-state index contributed by atoms with van der Waals surface area (Å²) in [4.78, 5) is 28.7. The lowest BCUT2D eigenvalue weighted by Gasteiger charge is -2.31. The van der Waals surface area contributed by atoms with Crippen molar-refractivity contribution in [3.05, 3.63) is 35.6 Å². The number of amides is 2. The maximum absolute atomic E-state index is 13.3. The lowest BCUT2D eigenvalue weighted by atomic mass is 10.1. The Morgan fingerprint density at radius 1 is 1.34 bits per heavy atom. The molecule has 3 rings (SSSR count). The van der Waals surface area contributed by atoms with Crippen LogP contribution in [0.1, 0.15) is 31.7 Å². The molecule has 0 aliphatic carbocycles. The van der Waals surface area contributed by atoms with Gasteiger partial charge < -0.3 is 20.7 Å². The van der Waals surface area contributed by atoms with Gasteiger partial charge in [0.05, 0.1) is 6.10 Å². The zero-order chi connectivity index (χ0) is 20.8. The monoisotopic (exact) mass is 406 g/mol. The molecule has 2 heterocycles. The van der Waals surface area contributed by atoms with Crippen molar-refractivity contribution in [2.24, 2.45) is 5.73 Å². The molecule has 160 valence electrons. The topological polar surface area (TPSA) is 87.9 Å². The van der Waals surface area contributed by atoms with Gasteiger partial charge >= 0.3 is 0 Å². The lowest BCUT2D eigenvalue weighted by molar-refractivity contribution is -0.136. The number of rotatable bonds is 8. The SMILES string of the molecule is CC(=O)N1CC(N(Cc2ccc(F)cc2)CC2CCCO2)CC1C(=O)NCCN. The number of likely N-dealkylation sites (tertiary alicyclic amines) is 1. The molecule has 3 atom stereocenters. The molecule has 8 heteroatoms. The molecule has 2 aliphatic heterocycles. The lowest BCUT2D eigenvalue weighted by Crippen LogP contribution is -2.46. The van der Waals surface area contributed by atoms with Crippen LogP contribution in [0.4, 0.5) is 4.39 Å². The summed E-state index contributed by atoms with van der Waals surface area (Å²) in [6.07, 6.45) is 2.75. The number of halogens is 1. The van der Waals surface area contributed by atoms with Gasteiger partial charge in [-0.25, -0.2) is 4.39 Å². The van der Waals surface area contributed by atoms with Gasteiger partial charge in [0, 0.05) is 52.3 Å². The molecule has 2 aliphatic rings. The Morgan fingerprint density at radius 3 is 2.72 bits per heavy atom. The van der Waals surface area contributed by atoms with E-state index < -0.39 is 6.04 Å². The smallest absolute Gasteiger partial charge is 0.242 e. The molecule has 0 radical (unpaired) electrons. The van der Waals surface area contributed by atoms with Gasteiger partial charge in [0.1, 0.15) is 11.9 Å². The van der Waals surface area contributed by atoms with Gasteiger partial charge in [0.15, 0.2) is 0 Å². The fourth-order valence-electron chi connectivity index (χ4n) is 4.21. The first kappa shape index (κ1) is 21.7. The van der Waals surface area contributed by atoms with Crippen LogP contribution in [0.3, 0.4) is 0 Å². The molecule has 0 spiro atoms. The molecular formula is C21H31FN4O3. The number of hydrogen-bond donors (Lipinski definition) is 2. The Hall–Kier alpha value is -2.03. The van der Waals surface area contributed by atoms with E-state index in [1.54, 1.807) is 17.0 Å². The minimum absolute atomic E-state index is 0.0294. The minimum Gasteiger partial charge on any atom is -0.377 e. The van der Waals surface area contributed by atoms with Crippen LogP contribution in [0.25, 0.3) is 0 Å². The number of ether oxygens (including phenoxy) is 1. The summed E-state index contributed by atoms with van der Waals surface area (Å²) in [5, 5.41) is 2.80. The van der Waals surface area contributed by atoms with E-state index in [1.165, 1.54) is 19.1 Å². The van der Waals surface area contributed by atoms with E-state index in [4.69, 9.17) is 10.5 Å². The number of hydrogen-bond acceptors (Lipinski definition) is 5. The highest BCUT2D eigenvalue weighted by atomic mass is 19.1. The molecule has 7 nitrogen and oxygen atoms in total. The van der Waals surface area contributed by atoms with Gasteiger partial charge in [0.2, 0.25) is 11.8 Å². The molecule has 0 saturated carbocycles. The molecule has 1 aromatic carbocycles. The van der Waals surface area contributed by atoms with Gasteiger partial charge in [-0.2, -0.15) is 0 Å². The fourth-order valence-corrected chi connectivity index (χ4v) is 4.21. The van der Waals surface area contributed by atoms with E-state index in [0.717, 1.165) is 31.6 Å². The summed E-state index contributed by atoms with van der Waals surface area (Å²) in [7, 11) is 0. The number of nitrogens with two attached hydrogens (primary N) is 1. The molecular weight excluding hydrogens is 375 g/mol. The van der Waals surface area contributed by atoms with Crippen molar-refractivity contribution in [3.8, 4) is 0 Å². The molecule has 2 saturated heterocycles. The van der Waals surface area contributed by atoms with E-state index >= 15 is 0 Å². The van der Waals surface area contributed by atoms with E-state index in [9.17, 15) is 14.0 Å². The number of benzene rings is 1. The van der Waals surface area contributed by atoms with E-state index in [2.05, 4.69) is 10.2 Å². The average Bonchev–Trinajstić information content (AvgIpc) is 3.37. The molecule has 29 heavy (non-hydrogen) atoms. The molecule has 0 bridgehead atoms. The Morgan fingerprint density at radius 2 is 2.10 bits per heavy atom. The van der Waals surface area contributed by atoms with Crippen LogP contribution in [0.5, 0.6) is 0 Å². The molecule has 3 N–H and O–H groups in total. The van der Waals surface area contributed by atoms with Gasteiger partial charge in [-0.05, 0) is 37.0 Å². The molecule has 3 unspecified atom stereocenters. The Kier molecular flexibility index (Phi) is 7.57. The third-order valence-corrected chi connectivity index (χ3v) is 5.71. The summed E-state index contributed by atoms with van der Waals surface area (Å²) >= 11 is 0. The maximum atomic E-state index is 13.3. The van der Waals surface area contributed by atoms with Crippen LogP contribution >= 0.6 is 0 Å². The summed E-state index contributed by atoms with van der Waals surface area (Å²) in [6.45, 7) is 4.85. The Bertz CT molecular complexity index is 694. The van der Waals surface area contributed by atoms with E-state index in [0.29, 0.717) is 32.6 Å². The molecule has 2 amide bonds. The largest absolute Gasteiger partial charge is 0.377 e. The van der Waals surface area contributed by atoms with Crippen molar-refractivity contribution >= 4 is 11.8 Å². The van der Waals surface area contributed by atoms with Gasteiger partial charge in [0.25, 0.3) is 0 Å². The third kappa shape index (κ3) is 5.74. The second-order valence-electron chi connectivity index (χ2n) is 7.85. The molecule has 2 fully saturated rings. The first-order valence-electron chi connectivity index (χ1n) is 10.3. The fraction of sp³-hybridized carbons (Fsp3) is 0.619. The highest BCUT2D eigenvalue weighted by molar-refractivity contribution is 5.87. The normalized spacial score (nSPS) is 24.3.